The number of nitrogens with zero attached hydrogens (tertiary/aromatic N) is 1. The van der Waals surface area contributed by atoms with E-state index in [2.05, 4.69) is 31.3 Å². The topological polar surface area (TPSA) is 41.5 Å². The van der Waals surface area contributed by atoms with Gasteiger partial charge in [0.25, 0.3) is 5.91 Å². The third-order valence-electron chi connectivity index (χ3n) is 5.02. The van der Waals surface area contributed by atoms with Gasteiger partial charge < -0.3 is 5.32 Å². The lowest BCUT2D eigenvalue weighted by Crippen LogP contribution is -2.25. The Morgan fingerprint density at radius 3 is 2.58 bits per heavy atom. The largest absolute Gasteiger partial charge is 0.352 e. The normalized spacial score (nSPS) is 12.6. The first kappa shape index (κ1) is 21.9. The first-order valence-electron chi connectivity index (χ1n) is 10.2. The SMILES string of the molecule is CC(C)CCNC(=O)c1ccc2c(c1)N=C(c1ccc(Cl)c(Cl)c1)c1ccccc1S2. The highest BCUT2D eigenvalue weighted by Gasteiger charge is 2.20. The second kappa shape index (κ2) is 9.47. The highest BCUT2D eigenvalue weighted by Crippen LogP contribution is 2.42. The first-order chi connectivity index (χ1) is 14.9. The van der Waals surface area contributed by atoms with Crippen LogP contribution in [-0.2, 0) is 0 Å². The third kappa shape index (κ3) is 4.98. The Morgan fingerprint density at radius 2 is 1.81 bits per heavy atom. The number of benzene rings is 3. The highest BCUT2D eigenvalue weighted by molar-refractivity contribution is 7.99. The van der Waals surface area contributed by atoms with Crippen LogP contribution in [-0.4, -0.2) is 18.2 Å². The lowest BCUT2D eigenvalue weighted by molar-refractivity contribution is 0.0952. The van der Waals surface area contributed by atoms with Crippen LogP contribution in [0.25, 0.3) is 0 Å². The van der Waals surface area contributed by atoms with Crippen molar-refractivity contribution in [3.05, 3.63) is 87.4 Å². The summed E-state index contributed by atoms with van der Waals surface area (Å²) in [4.78, 5) is 19.7. The molecule has 6 heteroatoms. The van der Waals surface area contributed by atoms with Crippen molar-refractivity contribution in [1.29, 1.82) is 0 Å². The molecule has 0 bridgehead atoms. The second-order valence-electron chi connectivity index (χ2n) is 7.81. The molecule has 4 rings (SSSR count). The van der Waals surface area contributed by atoms with Crippen molar-refractivity contribution in [2.75, 3.05) is 6.54 Å². The summed E-state index contributed by atoms with van der Waals surface area (Å²) in [6.45, 7) is 4.94. The average molecular weight is 469 g/mol. The van der Waals surface area contributed by atoms with Crippen LogP contribution in [0, 0.1) is 5.92 Å². The first-order valence-corrected chi connectivity index (χ1v) is 11.7. The molecule has 0 aliphatic carbocycles. The maximum atomic E-state index is 12.7. The average Bonchev–Trinajstić information content (AvgIpc) is 2.91. The molecule has 1 aliphatic rings. The summed E-state index contributed by atoms with van der Waals surface area (Å²) in [7, 11) is 0. The number of nitrogens with one attached hydrogen (secondary N) is 1. The number of aliphatic imine (C=N–C) groups is 1. The van der Waals surface area contributed by atoms with Crippen molar-refractivity contribution < 1.29 is 4.79 Å². The Kier molecular flexibility index (Phi) is 6.71. The molecule has 31 heavy (non-hydrogen) atoms. The molecule has 3 aromatic carbocycles. The lowest BCUT2D eigenvalue weighted by atomic mass is 10.0. The summed E-state index contributed by atoms with van der Waals surface area (Å²) in [5, 5.41) is 3.98. The summed E-state index contributed by atoms with van der Waals surface area (Å²) < 4.78 is 0. The number of amides is 1. The summed E-state index contributed by atoms with van der Waals surface area (Å²) in [5.41, 5.74) is 4.06. The van der Waals surface area contributed by atoms with E-state index in [0.717, 1.165) is 38.7 Å². The van der Waals surface area contributed by atoms with Crippen LogP contribution < -0.4 is 5.32 Å². The summed E-state index contributed by atoms with van der Waals surface area (Å²) >= 11 is 14.1. The number of fused-ring (bicyclic) bond motifs is 2. The Bertz CT molecular complexity index is 1170. The Morgan fingerprint density at radius 1 is 1.00 bits per heavy atom. The summed E-state index contributed by atoms with van der Waals surface area (Å²) in [6, 6.07) is 19.4. The quantitative estimate of drug-likeness (QED) is 0.331. The number of hydrogen-bond acceptors (Lipinski definition) is 3. The zero-order valence-electron chi connectivity index (χ0n) is 17.3. The van der Waals surface area contributed by atoms with E-state index in [1.807, 2.05) is 42.5 Å². The number of carbonyl (C=O) groups is 1. The molecular weight excluding hydrogens is 447 g/mol. The van der Waals surface area contributed by atoms with Crippen LogP contribution in [0.5, 0.6) is 0 Å². The molecule has 1 N–H and O–H groups in total. The molecule has 0 radical (unpaired) electrons. The van der Waals surface area contributed by atoms with Crippen LogP contribution >= 0.6 is 35.0 Å². The third-order valence-corrected chi connectivity index (χ3v) is 6.90. The van der Waals surface area contributed by atoms with E-state index in [9.17, 15) is 4.79 Å². The van der Waals surface area contributed by atoms with E-state index >= 15 is 0 Å². The van der Waals surface area contributed by atoms with Crippen molar-refractivity contribution in [3.63, 3.8) is 0 Å². The van der Waals surface area contributed by atoms with Crippen molar-refractivity contribution >= 4 is 52.3 Å². The number of hydrogen-bond donors (Lipinski definition) is 1. The van der Waals surface area contributed by atoms with Crippen molar-refractivity contribution in [2.24, 2.45) is 10.9 Å². The van der Waals surface area contributed by atoms with E-state index in [1.165, 1.54) is 0 Å². The molecule has 158 valence electrons. The summed E-state index contributed by atoms with van der Waals surface area (Å²) in [6.07, 6.45) is 0.946. The predicted molar refractivity (Wildman–Crippen MR) is 131 cm³/mol. The van der Waals surface area contributed by atoms with Crippen molar-refractivity contribution in [1.82, 2.24) is 5.32 Å². The minimum atomic E-state index is -0.0819. The van der Waals surface area contributed by atoms with Gasteiger partial charge in [0.2, 0.25) is 0 Å². The zero-order valence-corrected chi connectivity index (χ0v) is 19.6. The minimum absolute atomic E-state index is 0.0819. The molecule has 0 spiro atoms. The number of rotatable bonds is 5. The lowest BCUT2D eigenvalue weighted by Gasteiger charge is -2.10. The molecule has 0 saturated heterocycles. The van der Waals surface area contributed by atoms with Gasteiger partial charge in [-0.2, -0.15) is 0 Å². The maximum absolute atomic E-state index is 12.7. The minimum Gasteiger partial charge on any atom is -0.352 e. The van der Waals surface area contributed by atoms with E-state index in [4.69, 9.17) is 28.2 Å². The van der Waals surface area contributed by atoms with Gasteiger partial charge >= 0.3 is 0 Å². The molecular formula is C25H22Cl2N2OS. The molecule has 1 heterocycles. The van der Waals surface area contributed by atoms with E-state index < -0.39 is 0 Å². The molecule has 0 atom stereocenters. The van der Waals surface area contributed by atoms with Crippen LogP contribution in [0.1, 0.15) is 41.8 Å². The molecule has 1 amide bonds. The fourth-order valence-electron chi connectivity index (χ4n) is 3.32. The van der Waals surface area contributed by atoms with Gasteiger partial charge in [-0.25, -0.2) is 4.99 Å². The molecule has 0 unspecified atom stereocenters. The van der Waals surface area contributed by atoms with E-state index in [-0.39, 0.29) is 5.91 Å². The van der Waals surface area contributed by atoms with Crippen molar-refractivity contribution in [3.8, 4) is 0 Å². The van der Waals surface area contributed by atoms with Gasteiger partial charge in [-0.1, -0.05) is 73.1 Å². The molecule has 0 saturated carbocycles. The zero-order chi connectivity index (χ0) is 22.0. The van der Waals surface area contributed by atoms with Crippen LogP contribution in [0.3, 0.4) is 0 Å². The Labute approximate surface area is 196 Å². The van der Waals surface area contributed by atoms with Gasteiger partial charge in [-0.05, 0) is 48.7 Å². The standard InChI is InChI=1S/C25H22Cl2N2OS/c1-15(2)11-12-28-25(30)17-8-10-23-21(14-17)29-24(16-7-9-19(26)20(27)13-16)18-5-3-4-6-22(18)31-23/h3-10,13-15H,11-12H2,1-2H3,(H,28,30). The fourth-order valence-corrected chi connectivity index (χ4v) is 4.62. The summed E-state index contributed by atoms with van der Waals surface area (Å²) in [5.74, 6) is 0.460. The Hall–Kier alpha value is -2.27. The highest BCUT2D eigenvalue weighted by atomic mass is 35.5. The predicted octanol–water partition coefficient (Wildman–Crippen LogP) is 7.40. The number of halogens is 2. The van der Waals surface area contributed by atoms with Crippen LogP contribution in [0.2, 0.25) is 10.0 Å². The number of carbonyl (C=O) groups excluding carboxylic acids is 1. The van der Waals surface area contributed by atoms with Gasteiger partial charge in [0.15, 0.2) is 0 Å². The smallest absolute Gasteiger partial charge is 0.251 e. The monoisotopic (exact) mass is 468 g/mol. The van der Waals surface area contributed by atoms with Gasteiger partial charge in [0.1, 0.15) is 0 Å². The van der Waals surface area contributed by atoms with Gasteiger partial charge in [-0.15, -0.1) is 0 Å². The Balaban J connectivity index is 1.76. The molecule has 1 aliphatic heterocycles. The second-order valence-corrected chi connectivity index (χ2v) is 9.71. The van der Waals surface area contributed by atoms with Crippen LogP contribution in [0.4, 0.5) is 5.69 Å². The fraction of sp³-hybridized carbons (Fsp3) is 0.200. The van der Waals surface area contributed by atoms with E-state index in [1.54, 1.807) is 17.8 Å². The molecule has 3 nitrogen and oxygen atoms in total. The van der Waals surface area contributed by atoms with Crippen molar-refractivity contribution in [2.45, 2.75) is 30.1 Å². The molecule has 0 aromatic heterocycles. The van der Waals surface area contributed by atoms with E-state index in [0.29, 0.717) is 28.1 Å². The molecule has 3 aromatic rings. The van der Waals surface area contributed by atoms with Gasteiger partial charge in [-0.3, -0.25) is 4.79 Å². The molecule has 0 fully saturated rings. The van der Waals surface area contributed by atoms with Gasteiger partial charge in [0, 0.05) is 33.0 Å². The van der Waals surface area contributed by atoms with Crippen LogP contribution in [0.15, 0.2) is 75.4 Å². The van der Waals surface area contributed by atoms with Gasteiger partial charge in [0.05, 0.1) is 21.4 Å². The maximum Gasteiger partial charge on any atom is 0.251 e.